The third kappa shape index (κ3) is 3.26. The lowest BCUT2D eigenvalue weighted by atomic mass is 10.2. The van der Waals surface area contributed by atoms with Crippen LogP contribution in [0.4, 0.5) is 0 Å². The maximum absolute atomic E-state index is 8.58. The second-order valence-electron chi connectivity index (χ2n) is 3.86. The zero-order valence-electron chi connectivity index (χ0n) is 9.77. The summed E-state index contributed by atoms with van der Waals surface area (Å²) in [5.74, 6) is 0.775. The van der Waals surface area contributed by atoms with Crippen LogP contribution in [0.2, 0.25) is 5.02 Å². The molecule has 0 aromatic heterocycles. The minimum atomic E-state index is 0.421. The van der Waals surface area contributed by atoms with Crippen LogP contribution < -0.4 is 4.74 Å². The van der Waals surface area contributed by atoms with E-state index in [4.69, 9.17) is 21.6 Å². The quantitative estimate of drug-likeness (QED) is 0.830. The average molecular weight is 258 g/mol. The van der Waals surface area contributed by atoms with E-state index in [1.807, 2.05) is 48.5 Å². The molecule has 0 atom stereocenters. The Bertz CT molecular complexity index is 557. The molecule has 90 valence electrons. The third-order valence-electron chi connectivity index (χ3n) is 2.56. The Labute approximate surface area is 111 Å². The van der Waals surface area contributed by atoms with Gasteiger partial charge in [-0.3, -0.25) is 0 Å². The van der Waals surface area contributed by atoms with Crippen molar-refractivity contribution in [1.29, 1.82) is 5.26 Å². The zero-order chi connectivity index (χ0) is 12.8. The number of benzene rings is 2. The summed E-state index contributed by atoms with van der Waals surface area (Å²) in [6.45, 7) is 0.442. The number of rotatable bonds is 4. The standard InChI is InChI=1S/C15H12ClNO/c16-15-4-2-1-3-13(15)11-18-14-7-5-12(6-8-14)9-10-17/h1-8H,9,11H2. The normalized spacial score (nSPS) is 9.78. The first-order valence-electron chi connectivity index (χ1n) is 5.61. The smallest absolute Gasteiger partial charge is 0.119 e. The minimum Gasteiger partial charge on any atom is -0.489 e. The molecule has 0 saturated carbocycles. The Balaban J connectivity index is 1.98. The van der Waals surface area contributed by atoms with Gasteiger partial charge in [-0.15, -0.1) is 0 Å². The van der Waals surface area contributed by atoms with Crippen molar-refractivity contribution in [3.8, 4) is 11.8 Å². The monoisotopic (exact) mass is 257 g/mol. The summed E-state index contributed by atoms with van der Waals surface area (Å²) in [4.78, 5) is 0. The average Bonchev–Trinajstić information content (AvgIpc) is 2.40. The first-order valence-corrected chi connectivity index (χ1v) is 5.99. The highest BCUT2D eigenvalue weighted by atomic mass is 35.5. The molecule has 0 bridgehead atoms. The fourth-order valence-corrected chi connectivity index (χ4v) is 1.76. The van der Waals surface area contributed by atoms with Crippen LogP contribution in [-0.4, -0.2) is 0 Å². The molecule has 2 nitrogen and oxygen atoms in total. The maximum Gasteiger partial charge on any atom is 0.119 e. The van der Waals surface area contributed by atoms with Gasteiger partial charge in [0.1, 0.15) is 12.4 Å². The van der Waals surface area contributed by atoms with E-state index in [9.17, 15) is 0 Å². The Morgan fingerprint density at radius 3 is 2.44 bits per heavy atom. The van der Waals surface area contributed by atoms with E-state index in [-0.39, 0.29) is 0 Å². The Kier molecular flexibility index (Phi) is 4.22. The fourth-order valence-electron chi connectivity index (χ4n) is 1.57. The van der Waals surface area contributed by atoms with Crippen molar-refractivity contribution in [2.24, 2.45) is 0 Å². The van der Waals surface area contributed by atoms with Crippen molar-refractivity contribution in [2.75, 3.05) is 0 Å². The molecular weight excluding hydrogens is 246 g/mol. The fraction of sp³-hybridized carbons (Fsp3) is 0.133. The number of nitrogens with zero attached hydrogens (tertiary/aromatic N) is 1. The summed E-state index contributed by atoms with van der Waals surface area (Å²) >= 11 is 6.04. The molecule has 2 aromatic rings. The lowest BCUT2D eigenvalue weighted by Gasteiger charge is -2.07. The number of hydrogen-bond donors (Lipinski definition) is 0. The van der Waals surface area contributed by atoms with Gasteiger partial charge >= 0.3 is 0 Å². The first-order chi connectivity index (χ1) is 8.79. The van der Waals surface area contributed by atoms with Gasteiger partial charge in [0.2, 0.25) is 0 Å². The molecule has 18 heavy (non-hydrogen) atoms. The number of halogens is 1. The van der Waals surface area contributed by atoms with Gasteiger partial charge in [-0.2, -0.15) is 5.26 Å². The molecule has 0 radical (unpaired) electrons. The molecule has 0 aliphatic carbocycles. The maximum atomic E-state index is 8.58. The van der Waals surface area contributed by atoms with Gasteiger partial charge in [-0.1, -0.05) is 41.9 Å². The van der Waals surface area contributed by atoms with Crippen LogP contribution in [0, 0.1) is 11.3 Å². The van der Waals surface area contributed by atoms with Gasteiger partial charge in [-0.25, -0.2) is 0 Å². The van der Waals surface area contributed by atoms with Crippen LogP contribution in [0.1, 0.15) is 11.1 Å². The molecule has 2 rings (SSSR count). The van der Waals surface area contributed by atoms with Crippen molar-refractivity contribution in [3.63, 3.8) is 0 Å². The predicted octanol–water partition coefficient (Wildman–Crippen LogP) is 3.99. The van der Waals surface area contributed by atoms with Gasteiger partial charge in [0, 0.05) is 10.6 Å². The van der Waals surface area contributed by atoms with Crippen molar-refractivity contribution in [3.05, 3.63) is 64.7 Å². The van der Waals surface area contributed by atoms with E-state index in [0.717, 1.165) is 16.9 Å². The van der Waals surface area contributed by atoms with Crippen LogP contribution in [0.25, 0.3) is 0 Å². The molecular formula is C15H12ClNO. The SMILES string of the molecule is N#CCc1ccc(OCc2ccccc2Cl)cc1. The van der Waals surface area contributed by atoms with E-state index in [2.05, 4.69) is 6.07 Å². The molecule has 3 heteroatoms. The van der Waals surface area contributed by atoms with Crippen molar-refractivity contribution >= 4 is 11.6 Å². The summed E-state index contributed by atoms with van der Waals surface area (Å²) in [6.07, 6.45) is 0.421. The molecule has 0 aliphatic heterocycles. The Morgan fingerprint density at radius 1 is 1.06 bits per heavy atom. The summed E-state index contributed by atoms with van der Waals surface area (Å²) < 4.78 is 5.64. The molecule has 0 unspecified atom stereocenters. The van der Waals surface area contributed by atoms with Crippen molar-refractivity contribution < 1.29 is 4.74 Å². The summed E-state index contributed by atoms with van der Waals surface area (Å²) in [6, 6.07) is 17.2. The van der Waals surface area contributed by atoms with Crippen LogP contribution in [0.15, 0.2) is 48.5 Å². The molecule has 0 heterocycles. The predicted molar refractivity (Wildman–Crippen MR) is 71.5 cm³/mol. The van der Waals surface area contributed by atoms with Gasteiger partial charge < -0.3 is 4.74 Å². The molecule has 0 spiro atoms. The van der Waals surface area contributed by atoms with E-state index in [1.165, 1.54) is 0 Å². The number of hydrogen-bond acceptors (Lipinski definition) is 2. The Morgan fingerprint density at radius 2 is 1.78 bits per heavy atom. The van der Waals surface area contributed by atoms with E-state index in [1.54, 1.807) is 0 Å². The van der Waals surface area contributed by atoms with E-state index in [0.29, 0.717) is 18.1 Å². The molecule has 0 fully saturated rings. The lowest BCUT2D eigenvalue weighted by Crippen LogP contribution is -1.96. The highest BCUT2D eigenvalue weighted by Gasteiger charge is 2.00. The summed E-state index contributed by atoms with van der Waals surface area (Å²) in [7, 11) is 0. The zero-order valence-corrected chi connectivity index (χ0v) is 10.5. The number of ether oxygens (including phenoxy) is 1. The third-order valence-corrected chi connectivity index (χ3v) is 2.93. The van der Waals surface area contributed by atoms with Gasteiger partial charge in [0.15, 0.2) is 0 Å². The van der Waals surface area contributed by atoms with Gasteiger partial charge in [-0.05, 0) is 23.8 Å². The van der Waals surface area contributed by atoms with E-state index < -0.39 is 0 Å². The Hall–Kier alpha value is -1.98. The highest BCUT2D eigenvalue weighted by Crippen LogP contribution is 2.18. The second kappa shape index (κ2) is 6.09. The molecule has 0 N–H and O–H groups in total. The molecule has 0 saturated heterocycles. The first kappa shape index (κ1) is 12.5. The van der Waals surface area contributed by atoms with Gasteiger partial charge in [0.25, 0.3) is 0 Å². The second-order valence-corrected chi connectivity index (χ2v) is 4.27. The van der Waals surface area contributed by atoms with Crippen LogP contribution in [0.3, 0.4) is 0 Å². The number of nitriles is 1. The van der Waals surface area contributed by atoms with Crippen molar-refractivity contribution in [2.45, 2.75) is 13.0 Å². The molecule has 0 amide bonds. The van der Waals surface area contributed by atoms with Crippen LogP contribution in [0.5, 0.6) is 5.75 Å². The molecule has 2 aromatic carbocycles. The highest BCUT2D eigenvalue weighted by molar-refractivity contribution is 6.31. The lowest BCUT2D eigenvalue weighted by molar-refractivity contribution is 0.306. The summed E-state index contributed by atoms with van der Waals surface area (Å²) in [5.41, 5.74) is 1.95. The van der Waals surface area contributed by atoms with Crippen LogP contribution in [-0.2, 0) is 13.0 Å². The summed E-state index contributed by atoms with van der Waals surface area (Å²) in [5, 5.41) is 9.28. The van der Waals surface area contributed by atoms with Gasteiger partial charge in [0.05, 0.1) is 12.5 Å². The van der Waals surface area contributed by atoms with Crippen LogP contribution >= 0.6 is 11.6 Å². The van der Waals surface area contributed by atoms with Crippen molar-refractivity contribution in [1.82, 2.24) is 0 Å². The minimum absolute atomic E-state index is 0.421. The topological polar surface area (TPSA) is 33.0 Å². The largest absolute Gasteiger partial charge is 0.489 e. The van der Waals surface area contributed by atoms with E-state index >= 15 is 0 Å². The molecule has 0 aliphatic rings.